The van der Waals surface area contributed by atoms with Crippen LogP contribution in [0.15, 0.2) is 48.5 Å². The smallest absolute Gasteiger partial charge is 0.316 e. The number of anilines is 2. The van der Waals surface area contributed by atoms with Crippen LogP contribution in [0.5, 0.6) is 11.5 Å². The molecule has 0 unspecified atom stereocenters. The number of amides is 3. The SMILES string of the molecule is CCOc1ccc(N2C[C@H](C(=O)Oc3ccc(N4C(=O)[C@@H]5[C@@H]6CC[C@@H](C6)[C@@H]5C4=O)cc3)CC2=O)cc1. The quantitative estimate of drug-likeness (QED) is 0.351. The number of nitrogens with zero attached hydrogens (tertiary/aromatic N) is 2. The van der Waals surface area contributed by atoms with Gasteiger partial charge in [0.2, 0.25) is 17.7 Å². The number of rotatable bonds is 6. The molecule has 8 heteroatoms. The van der Waals surface area contributed by atoms with Crippen molar-refractivity contribution < 1.29 is 28.7 Å². The Hall–Kier alpha value is -3.68. The average molecular weight is 489 g/mol. The number of hydrogen-bond donors (Lipinski definition) is 0. The molecule has 2 aromatic carbocycles. The van der Waals surface area contributed by atoms with E-state index in [2.05, 4.69) is 0 Å². The van der Waals surface area contributed by atoms with Crippen molar-refractivity contribution in [3.63, 3.8) is 0 Å². The van der Waals surface area contributed by atoms with E-state index in [1.54, 1.807) is 53.4 Å². The zero-order valence-electron chi connectivity index (χ0n) is 20.1. The Labute approximate surface area is 209 Å². The Morgan fingerprint density at radius 1 is 0.861 bits per heavy atom. The van der Waals surface area contributed by atoms with Gasteiger partial charge in [0.05, 0.1) is 30.0 Å². The van der Waals surface area contributed by atoms with Gasteiger partial charge in [-0.1, -0.05) is 0 Å². The predicted octanol–water partition coefficient (Wildman–Crippen LogP) is 3.58. The molecular weight excluding hydrogens is 460 g/mol. The van der Waals surface area contributed by atoms with Crippen molar-refractivity contribution in [3.8, 4) is 11.5 Å². The van der Waals surface area contributed by atoms with Gasteiger partial charge in [-0.2, -0.15) is 0 Å². The summed E-state index contributed by atoms with van der Waals surface area (Å²) in [5.74, 6) is -0.0434. The van der Waals surface area contributed by atoms with Crippen LogP contribution in [0.25, 0.3) is 0 Å². The van der Waals surface area contributed by atoms with Crippen molar-refractivity contribution >= 4 is 35.1 Å². The minimum atomic E-state index is -0.583. The van der Waals surface area contributed by atoms with Gasteiger partial charge in [-0.3, -0.25) is 24.1 Å². The van der Waals surface area contributed by atoms with E-state index in [4.69, 9.17) is 9.47 Å². The zero-order valence-corrected chi connectivity index (χ0v) is 20.1. The number of esters is 1. The van der Waals surface area contributed by atoms with E-state index in [9.17, 15) is 19.2 Å². The lowest BCUT2D eigenvalue weighted by Gasteiger charge is -2.19. The Kier molecular flexibility index (Phi) is 5.54. The molecule has 2 saturated carbocycles. The highest BCUT2D eigenvalue weighted by atomic mass is 16.5. The van der Waals surface area contributed by atoms with Crippen LogP contribution in [-0.4, -0.2) is 36.8 Å². The van der Waals surface area contributed by atoms with Crippen molar-refractivity contribution in [3.05, 3.63) is 48.5 Å². The Bertz CT molecular complexity index is 1200. The minimum absolute atomic E-state index is 0.0754. The summed E-state index contributed by atoms with van der Waals surface area (Å²) >= 11 is 0. The molecule has 2 aliphatic heterocycles. The van der Waals surface area contributed by atoms with Crippen LogP contribution in [0, 0.1) is 29.6 Å². The van der Waals surface area contributed by atoms with Crippen molar-refractivity contribution in [2.75, 3.05) is 23.0 Å². The molecule has 5 atom stereocenters. The number of imide groups is 1. The molecule has 186 valence electrons. The highest BCUT2D eigenvalue weighted by molar-refractivity contribution is 6.22. The van der Waals surface area contributed by atoms with E-state index >= 15 is 0 Å². The highest BCUT2D eigenvalue weighted by Crippen LogP contribution is 2.56. The highest BCUT2D eigenvalue weighted by Gasteiger charge is 2.61. The van der Waals surface area contributed by atoms with Crippen LogP contribution >= 0.6 is 0 Å². The first kappa shape index (κ1) is 22.8. The van der Waals surface area contributed by atoms with Gasteiger partial charge in [0.15, 0.2) is 0 Å². The molecule has 4 fully saturated rings. The molecule has 0 N–H and O–H groups in total. The van der Waals surface area contributed by atoms with Crippen LogP contribution < -0.4 is 19.3 Å². The molecule has 0 aromatic heterocycles. The standard InChI is InChI=1S/C28H28N2O6/c1-2-35-21-9-5-19(6-10-21)29-15-18(14-23(29)31)28(34)36-22-11-7-20(8-12-22)30-26(32)24-16-3-4-17(13-16)25(24)27(30)33/h5-12,16-18,24-25H,2-4,13-15H2,1H3/t16-,17+,18-,24-,25+/m1/s1. The molecule has 2 saturated heterocycles. The van der Waals surface area contributed by atoms with Crippen molar-refractivity contribution in [2.24, 2.45) is 29.6 Å². The molecule has 8 nitrogen and oxygen atoms in total. The van der Waals surface area contributed by atoms with E-state index in [1.165, 1.54) is 4.90 Å². The summed E-state index contributed by atoms with van der Waals surface area (Å²) in [5, 5.41) is 0. The maximum Gasteiger partial charge on any atom is 0.316 e. The monoisotopic (exact) mass is 488 g/mol. The molecule has 6 rings (SSSR count). The maximum atomic E-state index is 13.0. The maximum absolute atomic E-state index is 13.0. The van der Waals surface area contributed by atoms with Crippen LogP contribution in [0.1, 0.15) is 32.6 Å². The van der Waals surface area contributed by atoms with Crippen molar-refractivity contribution in [2.45, 2.75) is 32.6 Å². The van der Waals surface area contributed by atoms with Crippen molar-refractivity contribution in [1.29, 1.82) is 0 Å². The van der Waals surface area contributed by atoms with E-state index in [0.29, 0.717) is 35.6 Å². The summed E-state index contributed by atoms with van der Waals surface area (Å²) < 4.78 is 11.0. The second-order valence-corrected chi connectivity index (χ2v) is 10.1. The van der Waals surface area contributed by atoms with Crippen LogP contribution in [0.4, 0.5) is 11.4 Å². The Balaban J connectivity index is 1.10. The van der Waals surface area contributed by atoms with E-state index in [1.807, 2.05) is 6.92 Å². The minimum Gasteiger partial charge on any atom is -0.494 e. The molecule has 4 aliphatic rings. The summed E-state index contributed by atoms with van der Waals surface area (Å²) in [7, 11) is 0. The number of fused-ring (bicyclic) bond motifs is 5. The van der Waals surface area contributed by atoms with Gasteiger partial charge >= 0.3 is 5.97 Å². The predicted molar refractivity (Wildman–Crippen MR) is 130 cm³/mol. The molecule has 0 radical (unpaired) electrons. The zero-order chi connectivity index (χ0) is 25.0. The molecule has 3 amide bonds. The molecule has 0 spiro atoms. The van der Waals surface area contributed by atoms with Gasteiger partial charge < -0.3 is 14.4 Å². The fraction of sp³-hybridized carbons (Fsp3) is 0.429. The first-order chi connectivity index (χ1) is 17.4. The van der Waals surface area contributed by atoms with Crippen LogP contribution in [0.3, 0.4) is 0 Å². The number of carbonyl (C=O) groups is 4. The van der Waals surface area contributed by atoms with Gasteiger partial charge in [-0.05, 0) is 86.6 Å². The summed E-state index contributed by atoms with van der Waals surface area (Å²) in [5.41, 5.74) is 1.22. The second kappa shape index (κ2) is 8.76. The van der Waals surface area contributed by atoms with Crippen LogP contribution in [0.2, 0.25) is 0 Å². The third-order valence-electron chi connectivity index (χ3n) is 8.16. The summed E-state index contributed by atoms with van der Waals surface area (Å²) in [6.45, 7) is 2.70. The van der Waals surface area contributed by atoms with Gasteiger partial charge in [0.25, 0.3) is 0 Å². The third-order valence-corrected chi connectivity index (χ3v) is 8.16. The van der Waals surface area contributed by atoms with E-state index in [-0.39, 0.29) is 42.5 Å². The van der Waals surface area contributed by atoms with Gasteiger partial charge in [-0.25, -0.2) is 0 Å². The summed E-state index contributed by atoms with van der Waals surface area (Å²) in [6.07, 6.45) is 3.14. The summed E-state index contributed by atoms with van der Waals surface area (Å²) in [6, 6.07) is 13.7. The fourth-order valence-electron chi connectivity index (χ4n) is 6.53. The third kappa shape index (κ3) is 3.67. The molecular formula is C28H28N2O6. The normalized spacial score (nSPS) is 28.7. The lowest BCUT2D eigenvalue weighted by atomic mass is 9.81. The van der Waals surface area contributed by atoms with Gasteiger partial charge in [0.1, 0.15) is 11.5 Å². The number of carbonyl (C=O) groups excluding carboxylic acids is 4. The van der Waals surface area contributed by atoms with E-state index < -0.39 is 11.9 Å². The Morgan fingerprint density at radius 2 is 1.44 bits per heavy atom. The first-order valence-electron chi connectivity index (χ1n) is 12.7. The Morgan fingerprint density at radius 3 is 2.06 bits per heavy atom. The number of ether oxygens (including phenoxy) is 2. The molecule has 2 aliphatic carbocycles. The van der Waals surface area contributed by atoms with Crippen LogP contribution in [-0.2, 0) is 19.2 Å². The van der Waals surface area contributed by atoms with Gasteiger partial charge in [-0.15, -0.1) is 0 Å². The molecule has 2 heterocycles. The van der Waals surface area contributed by atoms with E-state index in [0.717, 1.165) is 25.0 Å². The number of hydrogen-bond acceptors (Lipinski definition) is 6. The molecule has 36 heavy (non-hydrogen) atoms. The lowest BCUT2D eigenvalue weighted by Crippen LogP contribution is -2.32. The first-order valence-corrected chi connectivity index (χ1v) is 12.7. The molecule has 2 aromatic rings. The van der Waals surface area contributed by atoms with Gasteiger partial charge in [0, 0.05) is 18.7 Å². The van der Waals surface area contributed by atoms with Crippen molar-refractivity contribution in [1.82, 2.24) is 0 Å². The largest absolute Gasteiger partial charge is 0.494 e. The lowest BCUT2D eigenvalue weighted by molar-refractivity contribution is -0.139. The average Bonchev–Trinajstić information content (AvgIpc) is 3.64. The summed E-state index contributed by atoms with van der Waals surface area (Å²) in [4.78, 5) is 54.3. The molecule has 2 bridgehead atoms. The topological polar surface area (TPSA) is 93.2 Å². The fourth-order valence-corrected chi connectivity index (χ4v) is 6.53. The second-order valence-electron chi connectivity index (χ2n) is 10.1. The number of benzene rings is 2.